The van der Waals surface area contributed by atoms with Crippen molar-refractivity contribution in [3.8, 4) is 11.9 Å². The molecule has 0 radical (unpaired) electrons. The van der Waals surface area contributed by atoms with Gasteiger partial charge in [-0.2, -0.15) is 0 Å². The van der Waals surface area contributed by atoms with Crippen molar-refractivity contribution in [2.24, 2.45) is 0 Å². The van der Waals surface area contributed by atoms with E-state index in [9.17, 15) is 0 Å². The van der Waals surface area contributed by atoms with Gasteiger partial charge in [-0.15, -0.1) is 0 Å². The van der Waals surface area contributed by atoms with Crippen molar-refractivity contribution < 1.29 is 9.81 Å². The molecule has 5 heteroatoms. The van der Waals surface area contributed by atoms with Gasteiger partial charge < -0.3 is 4.98 Å². The minimum atomic E-state index is 0.319. The number of nitrogens with zero attached hydrogens (tertiary/aromatic N) is 1. The Labute approximate surface area is 93.0 Å². The summed E-state index contributed by atoms with van der Waals surface area (Å²) >= 11 is 0. The molecule has 2 N–H and O–H groups in total. The molecule has 0 saturated carbocycles. The van der Waals surface area contributed by atoms with E-state index in [-0.39, 0.29) is 0 Å². The number of aromatic nitrogens is 1. The predicted octanol–water partition coefficient (Wildman–Crippen LogP) is 2.05. The van der Waals surface area contributed by atoms with Gasteiger partial charge in [0, 0.05) is 11.7 Å². The van der Waals surface area contributed by atoms with Gasteiger partial charge in [-0.3, -0.25) is 0 Å². The molecule has 1 aromatic carbocycles. The maximum atomic E-state index is 9.07. The molecule has 0 saturated heterocycles. The topological polar surface area (TPSA) is 57.4 Å². The van der Waals surface area contributed by atoms with E-state index >= 15 is 0 Å². The first kappa shape index (κ1) is 11.5. The maximum absolute atomic E-state index is 9.07. The number of aliphatic hydroxyl groups excluding tert-OH is 1. The van der Waals surface area contributed by atoms with E-state index in [0.29, 0.717) is 12.8 Å². The molecule has 4 nitrogen and oxygen atoms in total. The van der Waals surface area contributed by atoms with Crippen molar-refractivity contribution in [3.63, 3.8) is 0 Å². The summed E-state index contributed by atoms with van der Waals surface area (Å²) in [5.74, 6) is 1.74. The second kappa shape index (κ2) is 6.05. The third kappa shape index (κ3) is 3.00. The standard InChI is InChI=1S/C9H6N2.C2HBO2/c1-10-8-2-3-9-7(6-8)4-5-11-9;4-2-1-3-5/h2-6,11H;4H. The summed E-state index contributed by atoms with van der Waals surface area (Å²) in [5, 5.41) is 8.57. The van der Waals surface area contributed by atoms with Crippen LogP contribution in [0.25, 0.3) is 15.7 Å². The van der Waals surface area contributed by atoms with Crippen LogP contribution in [0, 0.1) is 18.5 Å². The monoisotopic (exact) mass is 210 g/mol. The minimum Gasteiger partial charge on any atom is -0.361 e. The molecule has 1 aromatic heterocycles. The average Bonchev–Trinajstić information content (AvgIpc) is 2.77. The fraction of sp³-hybridized carbons (Fsp3) is 0. The normalized spacial score (nSPS) is 7.69. The summed E-state index contributed by atoms with van der Waals surface area (Å²) in [6.07, 6.45) is 3.27. The van der Waals surface area contributed by atoms with Crippen LogP contribution in [-0.2, 0) is 4.70 Å². The quantitative estimate of drug-likeness (QED) is 0.397. The third-order valence-electron chi connectivity index (χ3n) is 1.79. The summed E-state index contributed by atoms with van der Waals surface area (Å²) in [7, 11) is 0.319. The first-order valence-corrected chi connectivity index (χ1v) is 4.34. The number of hydrogen-bond acceptors (Lipinski definition) is 2. The zero-order valence-electron chi connectivity index (χ0n) is 8.27. The molecule has 0 amide bonds. The maximum Gasteiger partial charge on any atom is 0.187 e. The predicted molar refractivity (Wildman–Crippen MR) is 60.7 cm³/mol. The van der Waals surface area contributed by atoms with Crippen LogP contribution < -0.4 is 0 Å². The van der Waals surface area contributed by atoms with E-state index < -0.39 is 0 Å². The molecule has 16 heavy (non-hydrogen) atoms. The van der Waals surface area contributed by atoms with Crippen LogP contribution in [-0.4, -0.2) is 17.2 Å². The first-order valence-electron chi connectivity index (χ1n) is 4.34. The number of fused-ring (bicyclic) bond motifs is 1. The van der Waals surface area contributed by atoms with Gasteiger partial charge in [-0.1, -0.05) is 6.07 Å². The van der Waals surface area contributed by atoms with Crippen molar-refractivity contribution in [3.05, 3.63) is 41.9 Å². The number of nitrogens with one attached hydrogen (secondary N) is 1. The second-order valence-corrected chi connectivity index (χ2v) is 2.74. The molecule has 0 atom stereocenters. The second-order valence-electron chi connectivity index (χ2n) is 2.74. The van der Waals surface area contributed by atoms with E-state index in [2.05, 4.69) is 9.83 Å². The van der Waals surface area contributed by atoms with Crippen molar-refractivity contribution in [1.82, 2.24) is 4.98 Å². The molecule has 0 bridgehead atoms. The number of H-pyrrole nitrogens is 1. The summed E-state index contributed by atoms with van der Waals surface area (Å²) in [6, 6.07) is 7.57. The number of hydrogen-bond donors (Lipinski definition) is 2. The molecule has 0 aliphatic heterocycles. The molecule has 0 fully saturated rings. The Morgan fingerprint density at radius 3 is 2.81 bits per heavy atom. The van der Waals surface area contributed by atoms with E-state index in [4.69, 9.17) is 16.4 Å². The fourth-order valence-electron chi connectivity index (χ4n) is 1.14. The Morgan fingerprint density at radius 2 is 2.25 bits per heavy atom. The zero-order chi connectivity index (χ0) is 11.8. The summed E-state index contributed by atoms with van der Waals surface area (Å²) < 4.78 is 9.07. The average molecular weight is 210 g/mol. The van der Waals surface area contributed by atoms with Crippen molar-refractivity contribution in [2.45, 2.75) is 0 Å². The Balaban J connectivity index is 0.000000221. The van der Waals surface area contributed by atoms with Crippen LogP contribution in [0.4, 0.5) is 5.69 Å². The fourth-order valence-corrected chi connectivity index (χ4v) is 1.14. The van der Waals surface area contributed by atoms with Gasteiger partial charge in [0.25, 0.3) is 0 Å². The molecular weight excluding hydrogens is 203 g/mol. The zero-order valence-corrected chi connectivity index (χ0v) is 8.27. The Morgan fingerprint density at radius 1 is 1.44 bits per heavy atom. The molecule has 0 aliphatic carbocycles. The van der Waals surface area contributed by atoms with Crippen LogP contribution >= 0.6 is 0 Å². The number of aromatic amines is 1. The molecule has 76 valence electrons. The van der Waals surface area contributed by atoms with Gasteiger partial charge in [0.2, 0.25) is 0 Å². The molecule has 2 rings (SSSR count). The van der Waals surface area contributed by atoms with Crippen molar-refractivity contribution >= 4 is 23.7 Å². The SMILES string of the molecule is O=BC#CO.[C-]#[N+]c1ccc2[nH]ccc2c1. The number of benzene rings is 1. The van der Waals surface area contributed by atoms with E-state index in [1.54, 1.807) is 5.82 Å². The summed E-state index contributed by atoms with van der Waals surface area (Å²) in [5.41, 5.74) is 1.77. The van der Waals surface area contributed by atoms with Crippen LogP contribution in [0.5, 0.6) is 0 Å². The Hall–Kier alpha value is -2.53. The third-order valence-corrected chi connectivity index (χ3v) is 1.79. The van der Waals surface area contributed by atoms with Gasteiger partial charge in [-0.25, -0.2) is 4.85 Å². The van der Waals surface area contributed by atoms with Gasteiger partial charge in [0.15, 0.2) is 5.69 Å². The van der Waals surface area contributed by atoms with Crippen LogP contribution in [0.1, 0.15) is 0 Å². The van der Waals surface area contributed by atoms with Crippen molar-refractivity contribution in [2.75, 3.05) is 0 Å². The van der Waals surface area contributed by atoms with Crippen LogP contribution in [0.3, 0.4) is 0 Å². The number of rotatable bonds is 0. The first-order chi connectivity index (χ1) is 7.81. The van der Waals surface area contributed by atoms with Gasteiger partial charge in [0.1, 0.15) is 0 Å². The van der Waals surface area contributed by atoms with Gasteiger partial charge in [0.05, 0.1) is 6.57 Å². The molecule has 1 heterocycles. The molecule has 0 aliphatic rings. The minimum absolute atomic E-state index is 0.319. The molecule has 2 aromatic rings. The van der Waals surface area contributed by atoms with Gasteiger partial charge >= 0.3 is 28.9 Å². The summed E-state index contributed by atoms with van der Waals surface area (Å²) in [4.78, 5) is 6.40. The van der Waals surface area contributed by atoms with Crippen LogP contribution in [0.2, 0.25) is 0 Å². The van der Waals surface area contributed by atoms with Crippen molar-refractivity contribution in [1.29, 1.82) is 0 Å². The molecular formula is C11H7BN2O2. The summed E-state index contributed by atoms with van der Waals surface area (Å²) in [6.45, 7) is 6.79. The smallest absolute Gasteiger partial charge is 0.187 e. The Bertz CT molecular complexity index is 587. The van der Waals surface area contributed by atoms with Crippen LogP contribution in [0.15, 0.2) is 30.5 Å². The van der Waals surface area contributed by atoms with E-state index in [1.165, 1.54) is 6.11 Å². The molecule has 0 spiro atoms. The Kier molecular flexibility index (Phi) is 4.37. The largest absolute Gasteiger partial charge is 0.361 e. The number of aliphatic hydroxyl groups is 1. The van der Waals surface area contributed by atoms with E-state index in [1.807, 2.05) is 30.5 Å². The van der Waals surface area contributed by atoms with E-state index in [0.717, 1.165) is 10.9 Å². The van der Waals surface area contributed by atoms with Gasteiger partial charge in [-0.05, 0) is 23.6 Å². The molecule has 0 unspecified atom stereocenters.